The summed E-state index contributed by atoms with van der Waals surface area (Å²) in [5.74, 6) is 0.381. The Kier molecular flexibility index (Phi) is 6.02. The third-order valence-corrected chi connectivity index (χ3v) is 3.84. The molecule has 1 amide bonds. The van der Waals surface area contributed by atoms with Gasteiger partial charge >= 0.3 is 6.09 Å². The van der Waals surface area contributed by atoms with Gasteiger partial charge in [0.25, 0.3) is 0 Å². The number of hydrogen-bond donors (Lipinski definition) is 2. The van der Waals surface area contributed by atoms with Crippen LogP contribution in [0.3, 0.4) is 0 Å². The van der Waals surface area contributed by atoms with Gasteiger partial charge < -0.3 is 9.84 Å². The SMILES string of the molecule is CC(C)(C)OC(=O)Nc1cccc(CN2CCCC(CO)C2)c1. The molecule has 23 heavy (non-hydrogen) atoms. The van der Waals surface area contributed by atoms with Gasteiger partial charge in [-0.15, -0.1) is 0 Å². The molecule has 5 nitrogen and oxygen atoms in total. The third kappa shape index (κ3) is 6.20. The molecule has 0 saturated carbocycles. The Morgan fingerprint density at radius 2 is 2.22 bits per heavy atom. The minimum atomic E-state index is -0.505. The Morgan fingerprint density at radius 1 is 1.43 bits per heavy atom. The van der Waals surface area contributed by atoms with Crippen LogP contribution in [0.2, 0.25) is 0 Å². The summed E-state index contributed by atoms with van der Waals surface area (Å²) >= 11 is 0. The topological polar surface area (TPSA) is 61.8 Å². The molecule has 1 aromatic carbocycles. The number of piperidine rings is 1. The molecular weight excluding hydrogens is 292 g/mol. The van der Waals surface area contributed by atoms with Gasteiger partial charge in [0, 0.05) is 25.4 Å². The van der Waals surface area contributed by atoms with Crippen LogP contribution in [0.25, 0.3) is 0 Å². The van der Waals surface area contributed by atoms with E-state index >= 15 is 0 Å². The van der Waals surface area contributed by atoms with Crippen LogP contribution >= 0.6 is 0 Å². The first-order valence-corrected chi connectivity index (χ1v) is 8.28. The Morgan fingerprint density at radius 3 is 2.91 bits per heavy atom. The summed E-state index contributed by atoms with van der Waals surface area (Å²) in [4.78, 5) is 14.2. The molecule has 1 saturated heterocycles. The first-order chi connectivity index (χ1) is 10.9. The Hall–Kier alpha value is -1.59. The zero-order chi connectivity index (χ0) is 16.9. The molecule has 0 radical (unpaired) electrons. The minimum absolute atomic E-state index is 0.261. The van der Waals surface area contributed by atoms with E-state index in [1.165, 1.54) is 0 Å². The molecule has 1 aliphatic rings. The number of ether oxygens (including phenoxy) is 1. The number of nitrogens with one attached hydrogen (secondary N) is 1. The fraction of sp³-hybridized carbons (Fsp3) is 0.611. The van der Waals surface area contributed by atoms with Gasteiger partial charge in [0.15, 0.2) is 0 Å². The summed E-state index contributed by atoms with van der Waals surface area (Å²) in [6.45, 7) is 8.61. The van der Waals surface area contributed by atoms with E-state index < -0.39 is 11.7 Å². The number of aliphatic hydroxyl groups excluding tert-OH is 1. The Balaban J connectivity index is 1.93. The Bertz CT molecular complexity index is 525. The smallest absolute Gasteiger partial charge is 0.412 e. The number of carbonyl (C=O) groups excluding carboxylic acids is 1. The summed E-state index contributed by atoms with van der Waals surface area (Å²) in [5.41, 5.74) is 1.39. The molecule has 0 aromatic heterocycles. The van der Waals surface area contributed by atoms with Crippen molar-refractivity contribution in [2.24, 2.45) is 5.92 Å². The van der Waals surface area contributed by atoms with Gasteiger partial charge in [-0.3, -0.25) is 10.2 Å². The molecule has 1 aromatic rings. The molecule has 1 aliphatic heterocycles. The first kappa shape index (κ1) is 17.8. The maximum atomic E-state index is 11.8. The highest BCUT2D eigenvalue weighted by atomic mass is 16.6. The average Bonchev–Trinajstić information content (AvgIpc) is 2.45. The molecule has 1 unspecified atom stereocenters. The standard InChI is InChI=1S/C18H28N2O3/c1-18(2,3)23-17(22)19-16-8-4-6-14(10-16)11-20-9-5-7-15(12-20)13-21/h4,6,8,10,15,21H,5,7,9,11-13H2,1-3H3,(H,19,22). The van der Waals surface area contributed by atoms with Crippen LogP contribution in [-0.2, 0) is 11.3 Å². The van der Waals surface area contributed by atoms with Crippen molar-refractivity contribution in [2.45, 2.75) is 45.8 Å². The van der Waals surface area contributed by atoms with Crippen LogP contribution in [0, 0.1) is 5.92 Å². The second-order valence-corrected chi connectivity index (χ2v) is 7.25. The number of benzene rings is 1. The summed E-state index contributed by atoms with van der Waals surface area (Å²) in [6.07, 6.45) is 1.79. The predicted molar refractivity (Wildman–Crippen MR) is 91.4 cm³/mol. The van der Waals surface area contributed by atoms with E-state index in [-0.39, 0.29) is 6.61 Å². The summed E-state index contributed by atoms with van der Waals surface area (Å²) in [7, 11) is 0. The quantitative estimate of drug-likeness (QED) is 0.894. The van der Waals surface area contributed by atoms with Crippen molar-refractivity contribution in [1.29, 1.82) is 0 Å². The zero-order valence-corrected chi connectivity index (χ0v) is 14.3. The van der Waals surface area contributed by atoms with Crippen molar-refractivity contribution in [3.63, 3.8) is 0 Å². The number of anilines is 1. The normalized spacial score (nSPS) is 19.4. The van der Waals surface area contributed by atoms with Crippen LogP contribution in [0.1, 0.15) is 39.2 Å². The lowest BCUT2D eigenvalue weighted by Crippen LogP contribution is -2.36. The van der Waals surface area contributed by atoms with Gasteiger partial charge in [-0.25, -0.2) is 4.79 Å². The largest absolute Gasteiger partial charge is 0.444 e. The number of aliphatic hydroxyl groups is 1. The number of amides is 1. The lowest BCUT2D eigenvalue weighted by atomic mass is 9.98. The van der Waals surface area contributed by atoms with Gasteiger partial charge in [0.05, 0.1) is 0 Å². The van der Waals surface area contributed by atoms with Gasteiger partial charge in [-0.05, 0) is 63.8 Å². The molecule has 0 aliphatic carbocycles. The average molecular weight is 320 g/mol. The van der Waals surface area contributed by atoms with Crippen LogP contribution < -0.4 is 5.32 Å². The fourth-order valence-electron chi connectivity index (χ4n) is 2.87. The van der Waals surface area contributed by atoms with E-state index in [1.54, 1.807) is 0 Å². The van der Waals surface area contributed by atoms with Crippen molar-refractivity contribution >= 4 is 11.8 Å². The maximum absolute atomic E-state index is 11.8. The summed E-state index contributed by atoms with van der Waals surface area (Å²) in [6, 6.07) is 7.84. The molecule has 2 rings (SSSR count). The van der Waals surface area contributed by atoms with Crippen molar-refractivity contribution in [1.82, 2.24) is 4.90 Å². The van der Waals surface area contributed by atoms with Crippen LogP contribution in [-0.4, -0.2) is 41.4 Å². The third-order valence-electron chi connectivity index (χ3n) is 3.84. The molecule has 1 heterocycles. The number of likely N-dealkylation sites (tertiary alicyclic amines) is 1. The van der Waals surface area contributed by atoms with E-state index in [2.05, 4.69) is 16.3 Å². The number of hydrogen-bond acceptors (Lipinski definition) is 4. The fourth-order valence-corrected chi connectivity index (χ4v) is 2.87. The molecule has 5 heteroatoms. The minimum Gasteiger partial charge on any atom is -0.444 e. The molecular formula is C18H28N2O3. The van der Waals surface area contributed by atoms with Gasteiger partial charge in [-0.2, -0.15) is 0 Å². The Labute approximate surface area is 138 Å². The van der Waals surface area contributed by atoms with E-state index in [1.807, 2.05) is 39.0 Å². The number of nitrogens with zero attached hydrogens (tertiary/aromatic N) is 1. The van der Waals surface area contributed by atoms with E-state index in [0.29, 0.717) is 5.92 Å². The van der Waals surface area contributed by atoms with Crippen molar-refractivity contribution in [3.8, 4) is 0 Å². The molecule has 2 N–H and O–H groups in total. The molecule has 1 atom stereocenters. The van der Waals surface area contributed by atoms with Crippen molar-refractivity contribution in [3.05, 3.63) is 29.8 Å². The van der Waals surface area contributed by atoms with E-state index in [9.17, 15) is 9.90 Å². The summed E-state index contributed by atoms with van der Waals surface area (Å²) < 4.78 is 5.27. The van der Waals surface area contributed by atoms with Crippen LogP contribution in [0.15, 0.2) is 24.3 Å². The zero-order valence-electron chi connectivity index (χ0n) is 14.3. The first-order valence-electron chi connectivity index (χ1n) is 8.28. The maximum Gasteiger partial charge on any atom is 0.412 e. The van der Waals surface area contributed by atoms with Crippen LogP contribution in [0.5, 0.6) is 0 Å². The highest BCUT2D eigenvalue weighted by molar-refractivity contribution is 5.84. The van der Waals surface area contributed by atoms with Gasteiger partial charge in [-0.1, -0.05) is 12.1 Å². The highest BCUT2D eigenvalue weighted by Crippen LogP contribution is 2.20. The van der Waals surface area contributed by atoms with Crippen LogP contribution in [0.4, 0.5) is 10.5 Å². The highest BCUT2D eigenvalue weighted by Gasteiger charge is 2.19. The second-order valence-electron chi connectivity index (χ2n) is 7.25. The number of carbonyl (C=O) groups is 1. The van der Waals surface area contributed by atoms with Gasteiger partial charge in [0.1, 0.15) is 5.60 Å². The predicted octanol–water partition coefficient (Wildman–Crippen LogP) is 3.24. The van der Waals surface area contributed by atoms with Crippen molar-refractivity contribution in [2.75, 3.05) is 25.0 Å². The summed E-state index contributed by atoms with van der Waals surface area (Å²) in [5, 5.41) is 12.1. The van der Waals surface area contributed by atoms with Gasteiger partial charge in [0.2, 0.25) is 0 Å². The van der Waals surface area contributed by atoms with Crippen molar-refractivity contribution < 1.29 is 14.6 Å². The monoisotopic (exact) mass is 320 g/mol. The second kappa shape index (κ2) is 7.79. The molecule has 1 fully saturated rings. The number of rotatable bonds is 4. The van der Waals surface area contributed by atoms with E-state index in [0.717, 1.165) is 43.7 Å². The molecule has 0 bridgehead atoms. The lowest BCUT2D eigenvalue weighted by Gasteiger charge is -2.31. The van der Waals surface area contributed by atoms with E-state index in [4.69, 9.17) is 4.74 Å². The molecule has 128 valence electrons. The molecule has 0 spiro atoms. The lowest BCUT2D eigenvalue weighted by molar-refractivity contribution is 0.0636.